The summed E-state index contributed by atoms with van der Waals surface area (Å²) < 4.78 is 5.79. The Morgan fingerprint density at radius 1 is 1.36 bits per heavy atom. The van der Waals surface area contributed by atoms with Gasteiger partial charge in [0.25, 0.3) is 0 Å². The van der Waals surface area contributed by atoms with Crippen LogP contribution in [0.1, 0.15) is 33.6 Å². The zero-order valence-corrected chi connectivity index (χ0v) is 9.42. The Labute approximate surface area is 86.4 Å². The van der Waals surface area contributed by atoms with E-state index in [4.69, 9.17) is 4.74 Å². The van der Waals surface area contributed by atoms with E-state index in [1.54, 1.807) is 0 Å². The van der Waals surface area contributed by atoms with E-state index < -0.39 is 0 Å². The zero-order chi connectivity index (χ0) is 9.92. The van der Waals surface area contributed by atoms with Crippen LogP contribution < -0.4 is 5.32 Å². The molecule has 0 radical (unpaired) electrons. The minimum atomic E-state index is 0.365. The van der Waals surface area contributed by atoms with Crippen molar-refractivity contribution in [1.82, 2.24) is 5.32 Å². The Bertz CT molecular complexity index is 251. The summed E-state index contributed by atoms with van der Waals surface area (Å²) in [7, 11) is 0. The Hall–Kier alpha value is -0.0800. The molecule has 0 aromatic rings. The lowest BCUT2D eigenvalue weighted by atomic mass is 9.57. The summed E-state index contributed by atoms with van der Waals surface area (Å²) in [5.41, 5.74) is 0.365. The summed E-state index contributed by atoms with van der Waals surface area (Å²) in [6.07, 6.45) is 3.19. The first kappa shape index (κ1) is 9.17. The lowest BCUT2D eigenvalue weighted by Crippen LogP contribution is -2.66. The highest BCUT2D eigenvalue weighted by atomic mass is 16.5. The maximum Gasteiger partial charge on any atom is 0.0685 e. The fourth-order valence-corrected chi connectivity index (χ4v) is 3.45. The number of fused-ring (bicyclic) bond motifs is 1. The Morgan fingerprint density at radius 3 is 2.71 bits per heavy atom. The zero-order valence-electron chi connectivity index (χ0n) is 9.42. The molecule has 1 saturated heterocycles. The van der Waals surface area contributed by atoms with Gasteiger partial charge in [0, 0.05) is 30.0 Å². The van der Waals surface area contributed by atoms with Gasteiger partial charge in [0.2, 0.25) is 0 Å². The lowest BCUT2D eigenvalue weighted by Gasteiger charge is -2.55. The van der Waals surface area contributed by atoms with Crippen LogP contribution in [0.15, 0.2) is 0 Å². The Kier molecular flexibility index (Phi) is 1.79. The summed E-state index contributed by atoms with van der Waals surface area (Å²) >= 11 is 0. The molecule has 0 aromatic heterocycles. The number of nitrogens with one attached hydrogen (secondary N) is 1. The summed E-state index contributed by atoms with van der Waals surface area (Å²) in [5, 5.41) is 3.82. The van der Waals surface area contributed by atoms with Gasteiger partial charge < -0.3 is 10.1 Å². The molecule has 0 bridgehead atoms. The molecule has 5 atom stereocenters. The van der Waals surface area contributed by atoms with Gasteiger partial charge in [-0.25, -0.2) is 0 Å². The molecular weight excluding hydrogens is 174 g/mol. The SMILES string of the molecule is CC1CC1NC1C2CCOC2C1(C)C. The first-order valence-electron chi connectivity index (χ1n) is 5.98. The first-order chi connectivity index (χ1) is 6.60. The topological polar surface area (TPSA) is 21.3 Å². The predicted octanol–water partition coefficient (Wildman–Crippen LogP) is 1.80. The van der Waals surface area contributed by atoms with Crippen molar-refractivity contribution in [2.45, 2.75) is 51.8 Å². The summed E-state index contributed by atoms with van der Waals surface area (Å²) in [4.78, 5) is 0. The molecule has 2 heteroatoms. The summed E-state index contributed by atoms with van der Waals surface area (Å²) in [6, 6.07) is 1.52. The van der Waals surface area contributed by atoms with Crippen molar-refractivity contribution in [2.24, 2.45) is 17.3 Å². The molecule has 0 aromatic carbocycles. The molecule has 3 rings (SSSR count). The van der Waals surface area contributed by atoms with Crippen molar-refractivity contribution < 1.29 is 4.74 Å². The van der Waals surface area contributed by atoms with Crippen LogP contribution in [-0.2, 0) is 4.74 Å². The van der Waals surface area contributed by atoms with E-state index in [0.29, 0.717) is 17.6 Å². The van der Waals surface area contributed by atoms with Gasteiger partial charge in [-0.15, -0.1) is 0 Å². The minimum absolute atomic E-state index is 0.365. The third-order valence-corrected chi connectivity index (χ3v) is 4.60. The van der Waals surface area contributed by atoms with E-state index in [1.807, 2.05) is 0 Å². The minimum Gasteiger partial charge on any atom is -0.377 e. The van der Waals surface area contributed by atoms with Gasteiger partial charge in [-0.05, 0) is 18.8 Å². The molecule has 1 N–H and O–H groups in total. The van der Waals surface area contributed by atoms with E-state index >= 15 is 0 Å². The molecule has 3 aliphatic rings. The van der Waals surface area contributed by atoms with Crippen molar-refractivity contribution in [3.05, 3.63) is 0 Å². The second-order valence-corrected chi connectivity index (χ2v) is 6.03. The second kappa shape index (κ2) is 2.73. The van der Waals surface area contributed by atoms with Crippen LogP contribution in [0.4, 0.5) is 0 Å². The third-order valence-electron chi connectivity index (χ3n) is 4.60. The molecule has 2 aliphatic carbocycles. The highest BCUT2D eigenvalue weighted by Gasteiger charge is 2.60. The standard InChI is InChI=1S/C12H21NO/c1-7-6-9(7)13-10-8-4-5-14-11(8)12(10,2)3/h7-11,13H,4-6H2,1-3H3. The summed E-state index contributed by atoms with van der Waals surface area (Å²) in [5.74, 6) is 1.71. The van der Waals surface area contributed by atoms with Gasteiger partial charge in [-0.3, -0.25) is 0 Å². The van der Waals surface area contributed by atoms with Gasteiger partial charge in [0.05, 0.1) is 6.10 Å². The number of hydrogen-bond acceptors (Lipinski definition) is 2. The van der Waals surface area contributed by atoms with E-state index in [1.165, 1.54) is 12.8 Å². The number of ether oxygens (including phenoxy) is 1. The first-order valence-corrected chi connectivity index (χ1v) is 5.98. The average molecular weight is 195 g/mol. The van der Waals surface area contributed by atoms with Crippen molar-refractivity contribution in [3.63, 3.8) is 0 Å². The smallest absolute Gasteiger partial charge is 0.0685 e. The largest absolute Gasteiger partial charge is 0.377 e. The molecule has 80 valence electrons. The van der Waals surface area contributed by atoms with Gasteiger partial charge in [0.1, 0.15) is 0 Å². The molecule has 2 nitrogen and oxygen atoms in total. The molecule has 2 saturated carbocycles. The van der Waals surface area contributed by atoms with Crippen LogP contribution in [0.5, 0.6) is 0 Å². The highest BCUT2D eigenvalue weighted by molar-refractivity contribution is 5.13. The maximum atomic E-state index is 5.79. The molecule has 3 fully saturated rings. The molecule has 1 heterocycles. The van der Waals surface area contributed by atoms with Crippen LogP contribution >= 0.6 is 0 Å². The van der Waals surface area contributed by atoms with E-state index in [-0.39, 0.29) is 0 Å². The third kappa shape index (κ3) is 1.10. The normalized spacial score (nSPS) is 53.8. The number of rotatable bonds is 2. The Balaban J connectivity index is 1.67. The maximum absolute atomic E-state index is 5.79. The molecule has 0 spiro atoms. The monoisotopic (exact) mass is 195 g/mol. The average Bonchev–Trinajstić information content (AvgIpc) is 2.67. The van der Waals surface area contributed by atoms with Crippen molar-refractivity contribution in [1.29, 1.82) is 0 Å². The molecule has 5 unspecified atom stereocenters. The Morgan fingerprint density at radius 2 is 2.07 bits per heavy atom. The number of hydrogen-bond donors (Lipinski definition) is 1. The van der Waals surface area contributed by atoms with Crippen molar-refractivity contribution in [2.75, 3.05) is 6.61 Å². The van der Waals surface area contributed by atoms with E-state index in [9.17, 15) is 0 Å². The van der Waals surface area contributed by atoms with Gasteiger partial charge in [-0.2, -0.15) is 0 Å². The van der Waals surface area contributed by atoms with Gasteiger partial charge in [0.15, 0.2) is 0 Å². The van der Waals surface area contributed by atoms with E-state index in [2.05, 4.69) is 26.1 Å². The second-order valence-electron chi connectivity index (χ2n) is 6.03. The quantitative estimate of drug-likeness (QED) is 0.725. The molecular formula is C12H21NO. The molecule has 1 aliphatic heterocycles. The van der Waals surface area contributed by atoms with Gasteiger partial charge in [-0.1, -0.05) is 20.8 Å². The van der Waals surface area contributed by atoms with Crippen LogP contribution in [0.25, 0.3) is 0 Å². The van der Waals surface area contributed by atoms with E-state index in [0.717, 1.165) is 24.5 Å². The fraction of sp³-hybridized carbons (Fsp3) is 1.00. The lowest BCUT2D eigenvalue weighted by molar-refractivity contribution is -0.113. The van der Waals surface area contributed by atoms with Crippen LogP contribution in [-0.4, -0.2) is 24.8 Å². The molecule has 14 heavy (non-hydrogen) atoms. The predicted molar refractivity (Wildman–Crippen MR) is 56.1 cm³/mol. The molecule has 0 amide bonds. The van der Waals surface area contributed by atoms with Crippen LogP contribution in [0, 0.1) is 17.3 Å². The van der Waals surface area contributed by atoms with Crippen molar-refractivity contribution >= 4 is 0 Å². The highest BCUT2D eigenvalue weighted by Crippen LogP contribution is 2.53. The van der Waals surface area contributed by atoms with Crippen molar-refractivity contribution in [3.8, 4) is 0 Å². The fourth-order valence-electron chi connectivity index (χ4n) is 3.45. The summed E-state index contributed by atoms with van der Waals surface area (Å²) in [6.45, 7) is 8.03. The van der Waals surface area contributed by atoms with Gasteiger partial charge >= 0.3 is 0 Å². The van der Waals surface area contributed by atoms with Crippen LogP contribution in [0.3, 0.4) is 0 Å². The van der Waals surface area contributed by atoms with Crippen LogP contribution in [0.2, 0.25) is 0 Å².